The minimum absolute atomic E-state index is 0.0240. The number of nitrogens with zero attached hydrogens (tertiary/aromatic N) is 1. The minimum atomic E-state index is -0.841. The molecular weight excluding hydrogens is 490 g/mol. The van der Waals surface area contributed by atoms with E-state index < -0.39 is 29.5 Å². The standard InChI is InChI=1S/C25H22BrNO6/c1-3-4-10-27-22(15-6-5-7-18(12-15)32-14(2)28)21(24(30)25(27)31)23(29)20-13-16-11-17(26)8-9-19(16)33-20/h5-9,11-13,22,30H,3-4,10H2,1-2H3. The van der Waals surface area contributed by atoms with E-state index in [1.807, 2.05) is 13.0 Å². The third-order valence-corrected chi connectivity index (χ3v) is 5.93. The fourth-order valence-corrected chi connectivity index (χ4v) is 4.34. The van der Waals surface area contributed by atoms with Gasteiger partial charge in [-0.3, -0.25) is 14.4 Å². The fourth-order valence-electron chi connectivity index (χ4n) is 3.96. The quantitative estimate of drug-likeness (QED) is 0.255. The number of carbonyl (C=O) groups excluding carboxylic acids is 3. The number of aliphatic hydroxyl groups is 1. The maximum Gasteiger partial charge on any atom is 0.308 e. The van der Waals surface area contributed by atoms with Gasteiger partial charge < -0.3 is 19.2 Å². The van der Waals surface area contributed by atoms with Crippen LogP contribution < -0.4 is 4.74 Å². The highest BCUT2D eigenvalue weighted by molar-refractivity contribution is 9.10. The second-order valence-electron chi connectivity index (χ2n) is 7.80. The topological polar surface area (TPSA) is 97.1 Å². The molecule has 1 aliphatic heterocycles. The average molecular weight is 512 g/mol. The molecule has 170 valence electrons. The summed E-state index contributed by atoms with van der Waals surface area (Å²) in [6, 6.07) is 12.7. The zero-order valence-electron chi connectivity index (χ0n) is 18.1. The zero-order valence-corrected chi connectivity index (χ0v) is 19.7. The monoisotopic (exact) mass is 511 g/mol. The first kappa shape index (κ1) is 22.8. The summed E-state index contributed by atoms with van der Waals surface area (Å²) in [6.07, 6.45) is 1.52. The first-order chi connectivity index (χ1) is 15.8. The lowest BCUT2D eigenvalue weighted by Crippen LogP contribution is -2.32. The van der Waals surface area contributed by atoms with E-state index in [0.717, 1.165) is 10.9 Å². The number of unbranched alkanes of at least 4 members (excludes halogenated alkanes) is 1. The van der Waals surface area contributed by atoms with E-state index in [9.17, 15) is 19.5 Å². The summed E-state index contributed by atoms with van der Waals surface area (Å²) in [5.41, 5.74) is 1.00. The van der Waals surface area contributed by atoms with Gasteiger partial charge in [-0.1, -0.05) is 41.4 Å². The van der Waals surface area contributed by atoms with Gasteiger partial charge >= 0.3 is 5.97 Å². The van der Waals surface area contributed by atoms with Gasteiger partial charge in [0.15, 0.2) is 11.5 Å². The molecule has 1 atom stereocenters. The Morgan fingerprint density at radius 3 is 2.70 bits per heavy atom. The number of aliphatic hydroxyl groups excluding tert-OH is 1. The molecule has 33 heavy (non-hydrogen) atoms. The van der Waals surface area contributed by atoms with Gasteiger partial charge in [0, 0.05) is 23.3 Å². The summed E-state index contributed by atoms with van der Waals surface area (Å²) in [5, 5.41) is 11.5. The molecule has 0 spiro atoms. The molecule has 1 amide bonds. The number of esters is 1. The number of hydrogen-bond acceptors (Lipinski definition) is 6. The number of amides is 1. The fraction of sp³-hybridized carbons (Fsp3) is 0.240. The van der Waals surface area contributed by atoms with Gasteiger partial charge in [-0.05, 0) is 48.4 Å². The molecule has 1 aromatic heterocycles. The van der Waals surface area contributed by atoms with E-state index in [4.69, 9.17) is 9.15 Å². The summed E-state index contributed by atoms with van der Waals surface area (Å²) in [5.74, 6) is -1.96. The highest BCUT2D eigenvalue weighted by atomic mass is 79.9. The lowest BCUT2D eigenvalue weighted by atomic mass is 9.94. The Labute approximate surface area is 198 Å². The van der Waals surface area contributed by atoms with E-state index in [2.05, 4.69) is 15.9 Å². The first-order valence-electron chi connectivity index (χ1n) is 10.6. The second-order valence-corrected chi connectivity index (χ2v) is 8.72. The molecule has 1 unspecified atom stereocenters. The number of carbonyl (C=O) groups is 3. The molecule has 8 heteroatoms. The summed E-state index contributed by atoms with van der Waals surface area (Å²) < 4.78 is 11.8. The number of halogens is 1. The molecule has 7 nitrogen and oxygen atoms in total. The molecule has 0 saturated heterocycles. The predicted molar refractivity (Wildman–Crippen MR) is 125 cm³/mol. The SMILES string of the molecule is CCCCN1C(=O)C(O)=C(C(=O)c2cc3cc(Br)ccc3o2)C1c1cccc(OC(C)=O)c1. The van der Waals surface area contributed by atoms with Gasteiger partial charge in [0.05, 0.1) is 11.6 Å². The van der Waals surface area contributed by atoms with Crippen molar-refractivity contribution in [2.45, 2.75) is 32.7 Å². The van der Waals surface area contributed by atoms with Crippen molar-refractivity contribution in [3.05, 3.63) is 75.7 Å². The Morgan fingerprint density at radius 1 is 1.18 bits per heavy atom. The molecule has 4 rings (SSSR count). The van der Waals surface area contributed by atoms with Crippen molar-refractivity contribution in [2.24, 2.45) is 0 Å². The van der Waals surface area contributed by atoms with E-state index in [1.165, 1.54) is 11.8 Å². The van der Waals surface area contributed by atoms with Crippen molar-refractivity contribution >= 4 is 44.6 Å². The molecule has 2 aromatic carbocycles. The van der Waals surface area contributed by atoms with Gasteiger partial charge in [-0.15, -0.1) is 0 Å². The third-order valence-electron chi connectivity index (χ3n) is 5.44. The number of hydrogen-bond donors (Lipinski definition) is 1. The molecule has 0 radical (unpaired) electrons. The zero-order chi connectivity index (χ0) is 23.7. The van der Waals surface area contributed by atoms with Crippen molar-refractivity contribution in [3.63, 3.8) is 0 Å². The Kier molecular flexibility index (Phi) is 6.37. The summed E-state index contributed by atoms with van der Waals surface area (Å²) in [6.45, 7) is 3.63. The van der Waals surface area contributed by atoms with Gasteiger partial charge in [0.2, 0.25) is 5.78 Å². The molecule has 1 N–H and O–H groups in total. The van der Waals surface area contributed by atoms with Crippen LogP contribution in [0.4, 0.5) is 0 Å². The number of Topliss-reactive ketones (excluding diaryl/α,β-unsaturated/α-hetero) is 1. The van der Waals surface area contributed by atoms with Crippen LogP contribution in [0.15, 0.2) is 68.8 Å². The van der Waals surface area contributed by atoms with Crippen molar-refractivity contribution in [3.8, 4) is 5.75 Å². The largest absolute Gasteiger partial charge is 0.503 e. The van der Waals surface area contributed by atoms with Crippen LogP contribution in [0.5, 0.6) is 5.75 Å². The van der Waals surface area contributed by atoms with Crippen molar-refractivity contribution < 1.29 is 28.6 Å². The van der Waals surface area contributed by atoms with E-state index >= 15 is 0 Å². The lowest BCUT2D eigenvalue weighted by molar-refractivity contribution is -0.132. The van der Waals surface area contributed by atoms with E-state index in [-0.39, 0.29) is 17.1 Å². The van der Waals surface area contributed by atoms with Crippen LogP contribution in [-0.2, 0) is 9.59 Å². The Bertz CT molecular complexity index is 1290. The predicted octanol–water partition coefficient (Wildman–Crippen LogP) is 5.50. The van der Waals surface area contributed by atoms with Gasteiger partial charge in [0.25, 0.3) is 5.91 Å². The Morgan fingerprint density at radius 2 is 1.97 bits per heavy atom. The highest BCUT2D eigenvalue weighted by Gasteiger charge is 2.44. The smallest absolute Gasteiger partial charge is 0.308 e. The van der Waals surface area contributed by atoms with Crippen LogP contribution in [0.25, 0.3) is 11.0 Å². The van der Waals surface area contributed by atoms with Crippen LogP contribution in [0, 0.1) is 0 Å². The van der Waals surface area contributed by atoms with Gasteiger partial charge in [-0.2, -0.15) is 0 Å². The number of fused-ring (bicyclic) bond motifs is 1. The van der Waals surface area contributed by atoms with Crippen LogP contribution in [0.3, 0.4) is 0 Å². The number of benzene rings is 2. The summed E-state index contributed by atoms with van der Waals surface area (Å²) in [4.78, 5) is 39.4. The maximum atomic E-state index is 13.5. The van der Waals surface area contributed by atoms with Crippen LogP contribution in [0.2, 0.25) is 0 Å². The minimum Gasteiger partial charge on any atom is -0.503 e. The van der Waals surface area contributed by atoms with Gasteiger partial charge in [-0.25, -0.2) is 0 Å². The Balaban J connectivity index is 1.80. The lowest BCUT2D eigenvalue weighted by Gasteiger charge is -2.26. The first-order valence-corrected chi connectivity index (χ1v) is 11.4. The summed E-state index contributed by atoms with van der Waals surface area (Å²) >= 11 is 3.40. The van der Waals surface area contributed by atoms with Crippen LogP contribution >= 0.6 is 15.9 Å². The van der Waals surface area contributed by atoms with Crippen LogP contribution in [0.1, 0.15) is 48.8 Å². The molecule has 2 heterocycles. The molecule has 1 aliphatic rings. The molecular formula is C25H22BrNO6. The number of rotatable bonds is 7. The maximum absolute atomic E-state index is 13.5. The van der Waals surface area contributed by atoms with E-state index in [0.29, 0.717) is 29.5 Å². The normalized spacial score (nSPS) is 16.0. The molecule has 0 saturated carbocycles. The average Bonchev–Trinajstić information content (AvgIpc) is 3.30. The van der Waals surface area contributed by atoms with Gasteiger partial charge in [0.1, 0.15) is 11.3 Å². The van der Waals surface area contributed by atoms with Crippen LogP contribution in [-0.4, -0.2) is 34.2 Å². The van der Waals surface area contributed by atoms with Crippen molar-refractivity contribution in [2.75, 3.05) is 6.54 Å². The van der Waals surface area contributed by atoms with Crippen molar-refractivity contribution in [1.29, 1.82) is 0 Å². The second kappa shape index (κ2) is 9.23. The number of ketones is 1. The third kappa shape index (κ3) is 4.43. The summed E-state index contributed by atoms with van der Waals surface area (Å²) in [7, 11) is 0. The molecule has 3 aromatic rings. The molecule has 0 bridgehead atoms. The highest BCUT2D eigenvalue weighted by Crippen LogP contribution is 2.40. The number of furan rings is 1. The van der Waals surface area contributed by atoms with Crippen molar-refractivity contribution in [1.82, 2.24) is 4.90 Å². The molecule has 0 fully saturated rings. The Hall–Kier alpha value is -3.39. The number of ether oxygens (including phenoxy) is 1. The molecule has 0 aliphatic carbocycles. The van der Waals surface area contributed by atoms with E-state index in [1.54, 1.807) is 42.5 Å².